The Morgan fingerprint density at radius 3 is 2.72 bits per heavy atom. The van der Waals surface area contributed by atoms with Crippen LogP contribution in [0.2, 0.25) is 0 Å². The molecule has 1 aromatic carbocycles. The summed E-state index contributed by atoms with van der Waals surface area (Å²) in [7, 11) is 0. The Morgan fingerprint density at radius 2 is 2.06 bits per heavy atom. The Bertz CT molecular complexity index is 543. The minimum Gasteiger partial charge on any atom is -0.309 e. The van der Waals surface area contributed by atoms with Crippen molar-refractivity contribution in [2.24, 2.45) is 0 Å². The van der Waals surface area contributed by atoms with Crippen molar-refractivity contribution in [2.75, 3.05) is 0 Å². The van der Waals surface area contributed by atoms with Gasteiger partial charge in [-0.15, -0.1) is 0 Å². The molecule has 0 saturated carbocycles. The molecule has 0 amide bonds. The standard InChI is InChI=1S/C12H11FN2O2S/c13-11-3-10(4-12(5-11)15(16)17)7-14-6-9-1-2-18-8-9/h1-5,8,14H,6-7H2. The highest BCUT2D eigenvalue weighted by atomic mass is 32.1. The van der Waals surface area contributed by atoms with Gasteiger partial charge in [-0.2, -0.15) is 11.3 Å². The normalized spacial score (nSPS) is 10.5. The topological polar surface area (TPSA) is 55.2 Å². The van der Waals surface area contributed by atoms with Gasteiger partial charge in [-0.1, -0.05) is 0 Å². The van der Waals surface area contributed by atoms with Crippen LogP contribution in [0.25, 0.3) is 0 Å². The highest BCUT2D eigenvalue weighted by Crippen LogP contribution is 2.16. The van der Waals surface area contributed by atoms with E-state index in [2.05, 4.69) is 5.32 Å². The van der Waals surface area contributed by atoms with E-state index in [1.54, 1.807) is 11.3 Å². The van der Waals surface area contributed by atoms with Crippen LogP contribution in [-0.4, -0.2) is 4.92 Å². The second kappa shape index (κ2) is 5.70. The molecule has 0 bridgehead atoms. The highest BCUT2D eigenvalue weighted by molar-refractivity contribution is 7.07. The molecule has 0 aliphatic rings. The van der Waals surface area contributed by atoms with Crippen LogP contribution in [0.15, 0.2) is 35.0 Å². The van der Waals surface area contributed by atoms with E-state index in [1.807, 2.05) is 16.8 Å². The van der Waals surface area contributed by atoms with Crippen LogP contribution in [0.5, 0.6) is 0 Å². The first-order valence-corrected chi connectivity index (χ1v) is 6.25. The van der Waals surface area contributed by atoms with E-state index in [9.17, 15) is 14.5 Å². The van der Waals surface area contributed by atoms with E-state index in [-0.39, 0.29) is 5.69 Å². The van der Waals surface area contributed by atoms with Gasteiger partial charge in [0.25, 0.3) is 5.69 Å². The molecule has 2 rings (SSSR count). The van der Waals surface area contributed by atoms with Crippen molar-refractivity contribution >= 4 is 17.0 Å². The van der Waals surface area contributed by atoms with Crippen molar-refractivity contribution in [3.63, 3.8) is 0 Å². The maximum absolute atomic E-state index is 13.2. The lowest BCUT2D eigenvalue weighted by molar-refractivity contribution is -0.385. The van der Waals surface area contributed by atoms with Gasteiger partial charge in [0.2, 0.25) is 0 Å². The molecule has 0 aliphatic heterocycles. The van der Waals surface area contributed by atoms with E-state index in [0.717, 1.165) is 11.6 Å². The van der Waals surface area contributed by atoms with E-state index >= 15 is 0 Å². The molecule has 0 atom stereocenters. The summed E-state index contributed by atoms with van der Waals surface area (Å²) in [6, 6.07) is 5.59. The second-order valence-electron chi connectivity index (χ2n) is 3.81. The Labute approximate surface area is 107 Å². The maximum atomic E-state index is 13.2. The third-order valence-corrected chi connectivity index (χ3v) is 3.12. The molecule has 0 radical (unpaired) electrons. The molecule has 2 aromatic rings. The predicted octanol–water partition coefficient (Wildman–Crippen LogP) is 3.09. The van der Waals surface area contributed by atoms with E-state index in [4.69, 9.17) is 0 Å². The Balaban J connectivity index is 1.98. The zero-order valence-electron chi connectivity index (χ0n) is 9.43. The number of non-ortho nitro benzene ring substituents is 1. The predicted molar refractivity (Wildman–Crippen MR) is 67.9 cm³/mol. The molecule has 0 spiro atoms. The summed E-state index contributed by atoms with van der Waals surface area (Å²) in [6.07, 6.45) is 0. The Kier molecular flexibility index (Phi) is 4.01. The number of halogens is 1. The molecule has 1 heterocycles. The monoisotopic (exact) mass is 266 g/mol. The molecule has 0 fully saturated rings. The minimum absolute atomic E-state index is 0.220. The number of nitro benzene ring substituents is 1. The van der Waals surface area contributed by atoms with Gasteiger partial charge in [0.15, 0.2) is 0 Å². The van der Waals surface area contributed by atoms with E-state index in [1.165, 1.54) is 12.1 Å². The third-order valence-electron chi connectivity index (χ3n) is 2.39. The maximum Gasteiger partial charge on any atom is 0.272 e. The number of hydrogen-bond donors (Lipinski definition) is 1. The first kappa shape index (κ1) is 12.7. The Morgan fingerprint density at radius 1 is 1.28 bits per heavy atom. The fraction of sp³-hybridized carbons (Fsp3) is 0.167. The van der Waals surface area contributed by atoms with Gasteiger partial charge in [0.1, 0.15) is 5.82 Å². The number of thiophene rings is 1. The van der Waals surface area contributed by atoms with Crippen LogP contribution in [0.4, 0.5) is 10.1 Å². The van der Waals surface area contributed by atoms with Crippen LogP contribution < -0.4 is 5.32 Å². The highest BCUT2D eigenvalue weighted by Gasteiger charge is 2.09. The molecule has 1 aromatic heterocycles. The summed E-state index contributed by atoms with van der Waals surface area (Å²) in [5.74, 6) is -0.587. The zero-order chi connectivity index (χ0) is 13.0. The third kappa shape index (κ3) is 3.35. The van der Waals surface area contributed by atoms with Crippen molar-refractivity contribution in [2.45, 2.75) is 13.1 Å². The summed E-state index contributed by atoms with van der Waals surface area (Å²) in [6.45, 7) is 1.06. The van der Waals surface area contributed by atoms with Crippen LogP contribution in [0.1, 0.15) is 11.1 Å². The fourth-order valence-corrected chi connectivity index (χ4v) is 2.25. The average Bonchev–Trinajstić information content (AvgIpc) is 2.81. The number of hydrogen-bond acceptors (Lipinski definition) is 4. The lowest BCUT2D eigenvalue weighted by atomic mass is 10.2. The first-order valence-electron chi connectivity index (χ1n) is 5.31. The smallest absolute Gasteiger partial charge is 0.272 e. The zero-order valence-corrected chi connectivity index (χ0v) is 10.2. The van der Waals surface area contributed by atoms with E-state index < -0.39 is 10.7 Å². The molecule has 6 heteroatoms. The first-order chi connectivity index (χ1) is 8.65. The lowest BCUT2D eigenvalue weighted by Crippen LogP contribution is -2.12. The minimum atomic E-state index is -0.592. The number of nitrogens with zero attached hydrogens (tertiary/aromatic N) is 1. The van der Waals surface area contributed by atoms with Crippen molar-refractivity contribution in [3.05, 3.63) is 62.1 Å². The molecule has 0 saturated heterocycles. The molecular formula is C12H11FN2O2S. The molecule has 0 aliphatic carbocycles. The number of rotatable bonds is 5. The quantitative estimate of drug-likeness (QED) is 0.668. The summed E-state index contributed by atoms with van der Waals surface area (Å²) in [5.41, 5.74) is 1.49. The van der Waals surface area contributed by atoms with Gasteiger partial charge in [0, 0.05) is 19.2 Å². The van der Waals surface area contributed by atoms with Crippen LogP contribution in [0.3, 0.4) is 0 Å². The number of nitrogens with one attached hydrogen (secondary N) is 1. The van der Waals surface area contributed by atoms with Crippen LogP contribution >= 0.6 is 11.3 Å². The number of nitro groups is 1. The van der Waals surface area contributed by atoms with Crippen molar-refractivity contribution in [1.29, 1.82) is 0 Å². The van der Waals surface area contributed by atoms with Gasteiger partial charge < -0.3 is 5.32 Å². The molecule has 1 N–H and O–H groups in total. The van der Waals surface area contributed by atoms with Crippen LogP contribution in [-0.2, 0) is 13.1 Å². The largest absolute Gasteiger partial charge is 0.309 e. The van der Waals surface area contributed by atoms with Gasteiger partial charge in [-0.25, -0.2) is 4.39 Å². The number of benzene rings is 1. The van der Waals surface area contributed by atoms with E-state index in [0.29, 0.717) is 18.7 Å². The summed E-state index contributed by atoms with van der Waals surface area (Å²) < 4.78 is 13.2. The molecule has 0 unspecified atom stereocenters. The van der Waals surface area contributed by atoms with Crippen molar-refractivity contribution in [3.8, 4) is 0 Å². The molecule has 94 valence electrons. The SMILES string of the molecule is O=[N+]([O-])c1cc(F)cc(CNCc2ccsc2)c1. The average molecular weight is 266 g/mol. The Hall–Kier alpha value is -1.79. The lowest BCUT2D eigenvalue weighted by Gasteiger charge is -2.04. The van der Waals surface area contributed by atoms with Crippen molar-refractivity contribution < 1.29 is 9.31 Å². The fourth-order valence-electron chi connectivity index (χ4n) is 1.59. The van der Waals surface area contributed by atoms with Gasteiger partial charge in [-0.3, -0.25) is 10.1 Å². The summed E-state index contributed by atoms with van der Waals surface area (Å²) in [5, 5.41) is 17.7. The van der Waals surface area contributed by atoms with Crippen LogP contribution in [0, 0.1) is 15.9 Å². The molecule has 4 nitrogen and oxygen atoms in total. The molecule has 18 heavy (non-hydrogen) atoms. The van der Waals surface area contributed by atoms with Crippen molar-refractivity contribution in [1.82, 2.24) is 5.32 Å². The molecular weight excluding hydrogens is 255 g/mol. The second-order valence-corrected chi connectivity index (χ2v) is 4.59. The summed E-state index contributed by atoms with van der Waals surface area (Å²) >= 11 is 1.61. The van der Waals surface area contributed by atoms with Gasteiger partial charge in [-0.05, 0) is 34.0 Å². The van der Waals surface area contributed by atoms with Gasteiger partial charge >= 0.3 is 0 Å². The van der Waals surface area contributed by atoms with Gasteiger partial charge in [0.05, 0.1) is 11.0 Å². The summed E-state index contributed by atoms with van der Waals surface area (Å²) in [4.78, 5) is 9.99.